The van der Waals surface area contributed by atoms with Crippen molar-refractivity contribution in [1.29, 1.82) is 0 Å². The van der Waals surface area contributed by atoms with Crippen LogP contribution in [-0.4, -0.2) is 54.5 Å². The molecule has 41 heavy (non-hydrogen) atoms. The van der Waals surface area contributed by atoms with Crippen molar-refractivity contribution in [3.8, 4) is 45.6 Å². The number of rotatable bonds is 7. The van der Waals surface area contributed by atoms with Crippen molar-refractivity contribution < 1.29 is 40.5 Å². The van der Waals surface area contributed by atoms with Crippen LogP contribution < -0.4 is 0 Å². The summed E-state index contributed by atoms with van der Waals surface area (Å²) in [7, 11) is 0. The molecule has 0 aliphatic rings. The molecule has 0 heterocycles. The Kier molecular flexibility index (Phi) is 7.67. The molecule has 0 bridgehead atoms. The molecular formula is C32H35NO8. The minimum Gasteiger partial charge on any atom is -0.507 e. The Morgan fingerprint density at radius 1 is 0.732 bits per heavy atom. The first kappa shape index (κ1) is 29.3. The van der Waals surface area contributed by atoms with Crippen molar-refractivity contribution in [1.82, 2.24) is 0 Å². The van der Waals surface area contributed by atoms with Gasteiger partial charge in [0.15, 0.2) is 23.0 Å². The number of benzene rings is 4. The molecule has 4 aromatic carbocycles. The summed E-state index contributed by atoms with van der Waals surface area (Å²) in [5.74, 6) is -3.45. The standard InChI is InChI=1S/C32H35NO8/c1-13(2)23-17-9-15(5)25(28(37)18(17)11-21(34)30(23)39)26-16(6)10-19-24(14(3)4)32(41)29(38)20(27(19)31(26)40)12-33-8-7-22(35)36/h9-14,34,37-41H,7-8H2,1-6H3,(H,35,36)/b33-12+. The number of hydrogen-bond donors (Lipinski definition) is 7. The van der Waals surface area contributed by atoms with Crippen molar-refractivity contribution in [2.75, 3.05) is 6.54 Å². The minimum atomic E-state index is -1.04. The maximum Gasteiger partial charge on any atom is 0.305 e. The van der Waals surface area contributed by atoms with E-state index in [0.29, 0.717) is 38.6 Å². The summed E-state index contributed by atoms with van der Waals surface area (Å²) < 4.78 is 0. The molecule has 0 spiro atoms. The van der Waals surface area contributed by atoms with E-state index in [4.69, 9.17) is 5.11 Å². The van der Waals surface area contributed by atoms with E-state index in [1.54, 1.807) is 26.0 Å². The molecule has 4 aromatic rings. The Labute approximate surface area is 237 Å². The van der Waals surface area contributed by atoms with Crippen LogP contribution >= 0.6 is 0 Å². The zero-order chi connectivity index (χ0) is 30.5. The molecule has 0 radical (unpaired) electrons. The number of hydrogen-bond acceptors (Lipinski definition) is 8. The fraction of sp³-hybridized carbons (Fsp3) is 0.312. The van der Waals surface area contributed by atoms with E-state index in [-0.39, 0.29) is 75.4 Å². The Balaban J connectivity index is 2.14. The highest BCUT2D eigenvalue weighted by molar-refractivity contribution is 6.12. The van der Waals surface area contributed by atoms with Gasteiger partial charge in [-0.05, 0) is 53.6 Å². The van der Waals surface area contributed by atoms with Crippen LogP contribution in [0.25, 0.3) is 32.7 Å². The molecule has 0 aliphatic heterocycles. The molecule has 9 nitrogen and oxygen atoms in total. The van der Waals surface area contributed by atoms with E-state index in [1.807, 2.05) is 27.7 Å². The molecule has 9 heteroatoms. The summed E-state index contributed by atoms with van der Waals surface area (Å²) in [6.07, 6.45) is 0.985. The molecule has 0 saturated heterocycles. The van der Waals surface area contributed by atoms with E-state index < -0.39 is 11.7 Å². The normalized spacial score (nSPS) is 12.0. The monoisotopic (exact) mass is 561 g/mol. The number of aryl methyl sites for hydroxylation is 2. The number of phenols is 6. The van der Waals surface area contributed by atoms with Crippen LogP contribution in [0, 0.1) is 13.8 Å². The van der Waals surface area contributed by atoms with Crippen molar-refractivity contribution in [2.45, 2.75) is 59.8 Å². The number of aliphatic carboxylic acids is 1. The third kappa shape index (κ3) is 4.81. The molecule has 0 atom stereocenters. The van der Waals surface area contributed by atoms with Gasteiger partial charge in [-0.3, -0.25) is 9.79 Å². The van der Waals surface area contributed by atoms with Crippen LogP contribution in [0.4, 0.5) is 0 Å². The molecule has 0 aromatic heterocycles. The fourth-order valence-electron chi connectivity index (χ4n) is 5.68. The first-order chi connectivity index (χ1) is 19.2. The van der Waals surface area contributed by atoms with Crippen molar-refractivity contribution >= 4 is 33.7 Å². The second kappa shape index (κ2) is 10.7. The Morgan fingerprint density at radius 3 is 1.83 bits per heavy atom. The lowest BCUT2D eigenvalue weighted by Gasteiger charge is -2.22. The quantitative estimate of drug-likeness (QED) is 0.0970. The smallest absolute Gasteiger partial charge is 0.305 e. The van der Waals surface area contributed by atoms with E-state index in [1.165, 1.54) is 12.3 Å². The average Bonchev–Trinajstić information content (AvgIpc) is 2.86. The van der Waals surface area contributed by atoms with Crippen molar-refractivity contribution in [3.63, 3.8) is 0 Å². The average molecular weight is 562 g/mol. The van der Waals surface area contributed by atoms with Gasteiger partial charge in [0.1, 0.15) is 11.5 Å². The van der Waals surface area contributed by atoms with Crippen molar-refractivity contribution in [2.24, 2.45) is 4.99 Å². The van der Waals surface area contributed by atoms with E-state index >= 15 is 0 Å². The number of carboxylic acid groups (broad SMARTS) is 1. The van der Waals surface area contributed by atoms with E-state index in [0.717, 1.165) is 0 Å². The third-order valence-electron chi connectivity index (χ3n) is 7.48. The van der Waals surface area contributed by atoms with Gasteiger partial charge in [-0.25, -0.2) is 0 Å². The zero-order valence-electron chi connectivity index (χ0n) is 23.9. The summed E-state index contributed by atoms with van der Waals surface area (Å²) >= 11 is 0. The molecule has 0 aliphatic carbocycles. The molecule has 0 saturated carbocycles. The number of aliphatic imine (C=N–C) groups is 1. The number of fused-ring (bicyclic) bond motifs is 2. The summed E-state index contributed by atoms with van der Waals surface area (Å²) in [6, 6.07) is 4.82. The predicted octanol–water partition coefficient (Wildman–Crippen LogP) is 6.65. The lowest BCUT2D eigenvalue weighted by atomic mass is 9.84. The maximum atomic E-state index is 11.8. The third-order valence-corrected chi connectivity index (χ3v) is 7.48. The van der Waals surface area contributed by atoms with Crippen LogP contribution in [0.1, 0.15) is 73.8 Å². The first-order valence-corrected chi connectivity index (χ1v) is 13.4. The lowest BCUT2D eigenvalue weighted by molar-refractivity contribution is -0.136. The minimum absolute atomic E-state index is 0.00799. The number of aromatic hydroxyl groups is 6. The topological polar surface area (TPSA) is 171 Å². The van der Waals surface area contributed by atoms with E-state index in [9.17, 15) is 35.4 Å². The van der Waals surface area contributed by atoms with Gasteiger partial charge in [-0.15, -0.1) is 0 Å². The highest BCUT2D eigenvalue weighted by atomic mass is 16.4. The summed E-state index contributed by atoms with van der Waals surface area (Å²) in [6.45, 7) is 10.8. The van der Waals surface area contributed by atoms with Crippen LogP contribution in [0.3, 0.4) is 0 Å². The molecule has 0 fully saturated rings. The van der Waals surface area contributed by atoms with Crippen molar-refractivity contribution in [3.05, 3.63) is 46.0 Å². The van der Waals surface area contributed by atoms with Gasteiger partial charge in [0.05, 0.1) is 6.42 Å². The first-order valence-electron chi connectivity index (χ1n) is 13.4. The van der Waals surface area contributed by atoms with Crippen LogP contribution in [0.2, 0.25) is 0 Å². The molecule has 0 amide bonds. The fourth-order valence-corrected chi connectivity index (χ4v) is 5.68. The highest BCUT2D eigenvalue weighted by Gasteiger charge is 2.28. The van der Waals surface area contributed by atoms with Gasteiger partial charge in [0.2, 0.25) is 0 Å². The van der Waals surface area contributed by atoms with Crippen LogP contribution in [0.5, 0.6) is 34.5 Å². The van der Waals surface area contributed by atoms with Gasteiger partial charge in [-0.1, -0.05) is 39.8 Å². The van der Waals surface area contributed by atoms with E-state index in [2.05, 4.69) is 4.99 Å². The van der Waals surface area contributed by atoms with Crippen LogP contribution in [-0.2, 0) is 4.79 Å². The summed E-state index contributed by atoms with van der Waals surface area (Å²) in [5, 5.41) is 76.8. The molecule has 216 valence electrons. The Morgan fingerprint density at radius 2 is 1.27 bits per heavy atom. The lowest BCUT2D eigenvalue weighted by Crippen LogP contribution is -2.01. The van der Waals surface area contributed by atoms with Gasteiger partial charge in [-0.2, -0.15) is 0 Å². The van der Waals surface area contributed by atoms with Gasteiger partial charge in [0, 0.05) is 51.3 Å². The molecule has 0 unspecified atom stereocenters. The number of carbonyl (C=O) groups is 1. The second-order valence-electron chi connectivity index (χ2n) is 11.0. The number of carboxylic acids is 1. The Hall–Kier alpha value is -4.66. The zero-order valence-corrected chi connectivity index (χ0v) is 23.9. The number of nitrogens with zero attached hydrogens (tertiary/aromatic N) is 1. The van der Waals surface area contributed by atoms with Gasteiger partial charge >= 0.3 is 5.97 Å². The highest BCUT2D eigenvalue weighted by Crippen LogP contribution is 2.53. The van der Waals surface area contributed by atoms with Gasteiger partial charge < -0.3 is 35.7 Å². The van der Waals surface area contributed by atoms with Crippen LogP contribution in [0.15, 0.2) is 23.2 Å². The van der Waals surface area contributed by atoms with Gasteiger partial charge in [0.25, 0.3) is 0 Å². The maximum absolute atomic E-state index is 11.8. The second-order valence-corrected chi connectivity index (χ2v) is 11.0. The summed E-state index contributed by atoms with van der Waals surface area (Å²) in [4.78, 5) is 15.1. The predicted molar refractivity (Wildman–Crippen MR) is 159 cm³/mol. The molecular weight excluding hydrogens is 526 g/mol. The number of phenolic OH excluding ortho intramolecular Hbond substituents is 6. The Bertz CT molecular complexity index is 1750. The largest absolute Gasteiger partial charge is 0.507 e. The summed E-state index contributed by atoms with van der Waals surface area (Å²) in [5.41, 5.74) is 2.62. The molecule has 7 N–H and O–H groups in total. The molecule has 4 rings (SSSR count). The SMILES string of the molecule is Cc1cc2c(C(C)C)c(O)c(O)cc2c(O)c1-c1c(C)cc2c(C(C)C)c(O)c(O)c(/C=N/CCC(=O)O)c2c1O.